The van der Waals surface area contributed by atoms with Crippen molar-refractivity contribution in [2.45, 2.75) is 53.0 Å². The van der Waals surface area contributed by atoms with Crippen LogP contribution in [0, 0.1) is 0 Å². The van der Waals surface area contributed by atoms with Crippen LogP contribution in [0.3, 0.4) is 0 Å². The van der Waals surface area contributed by atoms with E-state index in [0.29, 0.717) is 0 Å². The second kappa shape index (κ2) is 9.13. The van der Waals surface area contributed by atoms with Crippen molar-refractivity contribution in [1.82, 2.24) is 14.9 Å². The highest BCUT2D eigenvalue weighted by molar-refractivity contribution is 9.10. The summed E-state index contributed by atoms with van der Waals surface area (Å²) in [5, 5.41) is 3.37. The van der Waals surface area contributed by atoms with Gasteiger partial charge in [0.15, 0.2) is 0 Å². The number of rotatable bonds is 8. The molecule has 0 radical (unpaired) electrons. The summed E-state index contributed by atoms with van der Waals surface area (Å²) in [5.41, 5.74) is 3.46. The Morgan fingerprint density at radius 3 is 2.52 bits per heavy atom. The van der Waals surface area contributed by atoms with E-state index in [2.05, 4.69) is 52.0 Å². The standard InChI is InChI=1S/C19H27BrN4O/c1-5-8-24(9-6-2)19(25)13(4)22-17-11-15(7-3)23-16-10-14(20)12-21-18(16)17/h10-13H,5-9H2,1-4H3,(H,22,23). The number of nitrogens with one attached hydrogen (secondary N) is 1. The van der Waals surface area contributed by atoms with Gasteiger partial charge >= 0.3 is 0 Å². The van der Waals surface area contributed by atoms with E-state index in [1.807, 2.05) is 24.0 Å². The van der Waals surface area contributed by atoms with Crippen molar-refractivity contribution in [3.63, 3.8) is 0 Å². The summed E-state index contributed by atoms with van der Waals surface area (Å²) in [7, 11) is 0. The SMILES string of the molecule is CCCN(CCC)C(=O)C(C)Nc1cc(CC)nc2cc(Br)cnc12. The molecule has 2 rings (SSSR count). The molecular weight excluding hydrogens is 380 g/mol. The molecule has 1 amide bonds. The van der Waals surface area contributed by atoms with Crippen molar-refractivity contribution >= 4 is 38.6 Å². The van der Waals surface area contributed by atoms with Gasteiger partial charge in [0.1, 0.15) is 11.6 Å². The molecule has 25 heavy (non-hydrogen) atoms. The van der Waals surface area contributed by atoms with Crippen LogP contribution >= 0.6 is 15.9 Å². The summed E-state index contributed by atoms with van der Waals surface area (Å²) < 4.78 is 0.896. The fourth-order valence-corrected chi connectivity index (χ4v) is 3.19. The highest BCUT2D eigenvalue weighted by Crippen LogP contribution is 2.25. The zero-order valence-electron chi connectivity index (χ0n) is 15.5. The van der Waals surface area contributed by atoms with E-state index in [0.717, 1.165) is 59.2 Å². The highest BCUT2D eigenvalue weighted by atomic mass is 79.9. The smallest absolute Gasteiger partial charge is 0.244 e. The summed E-state index contributed by atoms with van der Waals surface area (Å²) in [6.07, 6.45) is 4.52. The molecule has 0 aromatic carbocycles. The molecule has 0 bridgehead atoms. The minimum absolute atomic E-state index is 0.129. The number of pyridine rings is 2. The zero-order chi connectivity index (χ0) is 18.4. The fraction of sp³-hybridized carbons (Fsp3) is 0.526. The second-order valence-electron chi connectivity index (χ2n) is 6.23. The van der Waals surface area contributed by atoms with Crippen molar-refractivity contribution in [3.05, 3.63) is 28.5 Å². The van der Waals surface area contributed by atoms with Crippen molar-refractivity contribution in [1.29, 1.82) is 0 Å². The van der Waals surface area contributed by atoms with E-state index in [4.69, 9.17) is 0 Å². The third kappa shape index (κ3) is 4.91. The number of halogens is 1. The molecule has 0 aliphatic heterocycles. The van der Waals surface area contributed by atoms with E-state index < -0.39 is 0 Å². The van der Waals surface area contributed by atoms with Crippen LogP contribution in [0.5, 0.6) is 0 Å². The molecule has 5 nitrogen and oxygen atoms in total. The third-order valence-corrected chi connectivity index (χ3v) is 4.50. The number of aromatic nitrogens is 2. The molecule has 6 heteroatoms. The molecule has 1 unspecified atom stereocenters. The van der Waals surface area contributed by atoms with E-state index >= 15 is 0 Å². The number of carbonyl (C=O) groups excluding carboxylic acids is 1. The Labute approximate surface area is 158 Å². The molecule has 0 saturated carbocycles. The molecule has 0 fully saturated rings. The predicted molar refractivity (Wildman–Crippen MR) is 107 cm³/mol. The normalized spacial score (nSPS) is 12.2. The summed E-state index contributed by atoms with van der Waals surface area (Å²) >= 11 is 3.45. The van der Waals surface area contributed by atoms with Crippen LogP contribution in [0.4, 0.5) is 5.69 Å². The largest absolute Gasteiger partial charge is 0.372 e. The lowest BCUT2D eigenvalue weighted by Crippen LogP contribution is -2.42. The fourth-order valence-electron chi connectivity index (χ4n) is 2.88. The number of aryl methyl sites for hydroxylation is 1. The van der Waals surface area contributed by atoms with Crippen molar-refractivity contribution < 1.29 is 4.79 Å². The van der Waals surface area contributed by atoms with Crippen molar-refractivity contribution in [2.24, 2.45) is 0 Å². The predicted octanol–water partition coefficient (Wildman–Crippen LogP) is 4.40. The van der Waals surface area contributed by atoms with Gasteiger partial charge in [0.05, 0.1) is 11.2 Å². The quantitative estimate of drug-likeness (QED) is 0.705. The zero-order valence-corrected chi connectivity index (χ0v) is 17.1. The Morgan fingerprint density at radius 2 is 1.92 bits per heavy atom. The maximum absolute atomic E-state index is 12.8. The first-order valence-electron chi connectivity index (χ1n) is 9.00. The number of hydrogen-bond donors (Lipinski definition) is 1. The molecule has 0 aliphatic carbocycles. The van der Waals surface area contributed by atoms with Gasteiger partial charge in [-0.05, 0) is 54.2 Å². The van der Waals surface area contributed by atoms with Crippen LogP contribution in [-0.4, -0.2) is 39.9 Å². The van der Waals surface area contributed by atoms with Crippen LogP contribution in [0.1, 0.15) is 46.2 Å². The van der Waals surface area contributed by atoms with Crippen LogP contribution < -0.4 is 5.32 Å². The summed E-state index contributed by atoms with van der Waals surface area (Å²) in [6, 6.07) is 3.65. The number of amides is 1. The first-order chi connectivity index (χ1) is 12.0. The summed E-state index contributed by atoms with van der Waals surface area (Å²) in [5.74, 6) is 0.129. The van der Waals surface area contributed by atoms with Crippen LogP contribution in [0.25, 0.3) is 11.0 Å². The Morgan fingerprint density at radius 1 is 1.24 bits per heavy atom. The lowest BCUT2D eigenvalue weighted by atomic mass is 10.2. The summed E-state index contributed by atoms with van der Waals surface area (Å²) in [6.45, 7) is 9.77. The first kappa shape index (κ1) is 19.6. The van der Waals surface area contributed by atoms with Gasteiger partial charge in [0.2, 0.25) is 5.91 Å². The molecule has 1 atom stereocenters. The average molecular weight is 407 g/mol. The first-order valence-corrected chi connectivity index (χ1v) is 9.79. The number of anilines is 1. The average Bonchev–Trinajstić information content (AvgIpc) is 2.60. The third-order valence-electron chi connectivity index (χ3n) is 4.07. The van der Waals surface area contributed by atoms with Crippen molar-refractivity contribution in [3.8, 4) is 0 Å². The Kier molecular flexibility index (Phi) is 7.17. The number of hydrogen-bond acceptors (Lipinski definition) is 4. The number of nitrogens with zero attached hydrogens (tertiary/aromatic N) is 3. The number of fused-ring (bicyclic) bond motifs is 1. The van der Waals surface area contributed by atoms with Gasteiger partial charge < -0.3 is 10.2 Å². The Balaban J connectivity index is 2.30. The van der Waals surface area contributed by atoms with E-state index in [-0.39, 0.29) is 11.9 Å². The molecule has 0 spiro atoms. The Bertz CT molecular complexity index is 729. The van der Waals surface area contributed by atoms with Crippen LogP contribution in [0.2, 0.25) is 0 Å². The molecule has 2 aromatic heterocycles. The lowest BCUT2D eigenvalue weighted by Gasteiger charge is -2.26. The monoisotopic (exact) mass is 406 g/mol. The van der Waals surface area contributed by atoms with Crippen LogP contribution in [-0.2, 0) is 11.2 Å². The van der Waals surface area contributed by atoms with Crippen molar-refractivity contribution in [2.75, 3.05) is 18.4 Å². The minimum Gasteiger partial charge on any atom is -0.372 e. The van der Waals surface area contributed by atoms with E-state index in [1.54, 1.807) is 6.20 Å². The van der Waals surface area contributed by atoms with Gasteiger partial charge in [0, 0.05) is 29.5 Å². The lowest BCUT2D eigenvalue weighted by molar-refractivity contribution is -0.131. The van der Waals surface area contributed by atoms with Gasteiger partial charge in [-0.15, -0.1) is 0 Å². The second-order valence-corrected chi connectivity index (χ2v) is 7.14. The molecule has 2 aromatic rings. The molecule has 136 valence electrons. The maximum atomic E-state index is 12.8. The maximum Gasteiger partial charge on any atom is 0.244 e. The van der Waals surface area contributed by atoms with Gasteiger partial charge in [0.25, 0.3) is 0 Å². The molecule has 1 N–H and O–H groups in total. The van der Waals surface area contributed by atoms with E-state index in [9.17, 15) is 4.79 Å². The summed E-state index contributed by atoms with van der Waals surface area (Å²) in [4.78, 5) is 23.9. The topological polar surface area (TPSA) is 58.1 Å². The highest BCUT2D eigenvalue weighted by Gasteiger charge is 2.20. The molecule has 2 heterocycles. The van der Waals surface area contributed by atoms with E-state index in [1.165, 1.54) is 0 Å². The number of carbonyl (C=O) groups is 1. The molecule has 0 saturated heterocycles. The van der Waals surface area contributed by atoms with Gasteiger partial charge in [-0.3, -0.25) is 14.8 Å². The molecular formula is C19H27BrN4O. The van der Waals surface area contributed by atoms with Gasteiger partial charge in [-0.25, -0.2) is 0 Å². The van der Waals surface area contributed by atoms with Crippen LogP contribution in [0.15, 0.2) is 22.8 Å². The van der Waals surface area contributed by atoms with Gasteiger partial charge in [-0.2, -0.15) is 0 Å². The Hall–Kier alpha value is -1.69. The molecule has 0 aliphatic rings. The van der Waals surface area contributed by atoms with Gasteiger partial charge in [-0.1, -0.05) is 20.8 Å². The minimum atomic E-state index is -0.307.